The highest BCUT2D eigenvalue weighted by Crippen LogP contribution is 2.21. The van der Waals surface area contributed by atoms with Crippen molar-refractivity contribution >= 4 is 17.5 Å². The standard InChI is InChI=1S/C16H16F4N2O2/c1-3-4-5-6-14(23)22-13-8-11(7-12(17)10(13)2)15(24)21-9-16(18,19)20/h3-8H,9H2,1-2H3,(H,21,24)(H,22,23). The van der Waals surface area contributed by atoms with E-state index in [4.69, 9.17) is 0 Å². The number of hydrogen-bond acceptors (Lipinski definition) is 2. The van der Waals surface area contributed by atoms with Gasteiger partial charge in [-0.2, -0.15) is 13.2 Å². The number of benzene rings is 1. The van der Waals surface area contributed by atoms with Crippen LogP contribution in [0.25, 0.3) is 0 Å². The van der Waals surface area contributed by atoms with Crippen LogP contribution in [0.15, 0.2) is 36.4 Å². The highest BCUT2D eigenvalue weighted by atomic mass is 19.4. The molecule has 0 aliphatic rings. The lowest BCUT2D eigenvalue weighted by molar-refractivity contribution is -0.123. The van der Waals surface area contributed by atoms with Crippen LogP contribution in [0, 0.1) is 12.7 Å². The van der Waals surface area contributed by atoms with Gasteiger partial charge < -0.3 is 10.6 Å². The summed E-state index contributed by atoms with van der Waals surface area (Å²) in [6.07, 6.45) is 1.37. The lowest BCUT2D eigenvalue weighted by atomic mass is 10.1. The van der Waals surface area contributed by atoms with Gasteiger partial charge in [-0.15, -0.1) is 0 Å². The molecule has 8 heteroatoms. The number of alkyl halides is 3. The van der Waals surface area contributed by atoms with Crippen molar-refractivity contribution in [3.63, 3.8) is 0 Å². The second kappa shape index (κ2) is 8.28. The molecule has 0 aliphatic heterocycles. The van der Waals surface area contributed by atoms with Crippen molar-refractivity contribution in [2.45, 2.75) is 20.0 Å². The molecule has 2 amide bonds. The molecule has 0 radical (unpaired) electrons. The molecule has 0 spiro atoms. The molecular weight excluding hydrogens is 328 g/mol. The van der Waals surface area contributed by atoms with Gasteiger partial charge in [0.05, 0.1) is 0 Å². The van der Waals surface area contributed by atoms with E-state index in [0.29, 0.717) is 0 Å². The summed E-state index contributed by atoms with van der Waals surface area (Å²) in [6, 6.07) is 1.93. The zero-order valence-electron chi connectivity index (χ0n) is 13.0. The molecule has 130 valence electrons. The van der Waals surface area contributed by atoms with Crippen molar-refractivity contribution in [3.05, 3.63) is 53.4 Å². The summed E-state index contributed by atoms with van der Waals surface area (Å²) in [6.45, 7) is 1.60. The van der Waals surface area contributed by atoms with Crippen LogP contribution in [-0.2, 0) is 4.79 Å². The van der Waals surface area contributed by atoms with Crippen molar-refractivity contribution in [1.29, 1.82) is 0 Å². The Morgan fingerprint density at radius 3 is 2.46 bits per heavy atom. The van der Waals surface area contributed by atoms with Crippen molar-refractivity contribution in [1.82, 2.24) is 5.32 Å². The Kier molecular flexibility index (Phi) is 6.69. The largest absolute Gasteiger partial charge is 0.405 e. The Bertz CT molecular complexity index is 679. The van der Waals surface area contributed by atoms with Crippen LogP contribution in [0.1, 0.15) is 22.8 Å². The predicted octanol–water partition coefficient (Wildman–Crippen LogP) is 3.50. The van der Waals surface area contributed by atoms with Crippen molar-refractivity contribution in [2.24, 2.45) is 0 Å². The molecule has 0 saturated heterocycles. The van der Waals surface area contributed by atoms with Crippen LogP contribution in [0.2, 0.25) is 0 Å². The van der Waals surface area contributed by atoms with Gasteiger partial charge >= 0.3 is 6.18 Å². The van der Waals surface area contributed by atoms with E-state index in [1.807, 2.05) is 0 Å². The van der Waals surface area contributed by atoms with E-state index in [0.717, 1.165) is 12.1 Å². The highest BCUT2D eigenvalue weighted by Gasteiger charge is 2.28. The summed E-state index contributed by atoms with van der Waals surface area (Å²) in [5.74, 6) is -2.47. The summed E-state index contributed by atoms with van der Waals surface area (Å²) >= 11 is 0. The lowest BCUT2D eigenvalue weighted by Crippen LogP contribution is -2.33. The van der Waals surface area contributed by atoms with Gasteiger partial charge in [0.15, 0.2) is 0 Å². The van der Waals surface area contributed by atoms with E-state index in [9.17, 15) is 27.2 Å². The van der Waals surface area contributed by atoms with Crippen LogP contribution in [-0.4, -0.2) is 24.5 Å². The van der Waals surface area contributed by atoms with E-state index in [2.05, 4.69) is 5.32 Å². The molecular formula is C16H16F4N2O2. The fourth-order valence-corrected chi connectivity index (χ4v) is 1.65. The maximum Gasteiger partial charge on any atom is 0.405 e. The maximum atomic E-state index is 13.8. The molecule has 0 unspecified atom stereocenters. The minimum Gasteiger partial charge on any atom is -0.343 e. The first-order valence-electron chi connectivity index (χ1n) is 6.89. The van der Waals surface area contributed by atoms with E-state index in [1.165, 1.54) is 19.1 Å². The number of halogens is 4. The van der Waals surface area contributed by atoms with Crippen LogP contribution in [0.4, 0.5) is 23.2 Å². The summed E-state index contributed by atoms with van der Waals surface area (Å²) in [7, 11) is 0. The van der Waals surface area contributed by atoms with Gasteiger partial charge in [0.2, 0.25) is 5.91 Å². The monoisotopic (exact) mass is 344 g/mol. The number of carbonyl (C=O) groups is 2. The second-order valence-electron chi connectivity index (χ2n) is 4.80. The topological polar surface area (TPSA) is 58.2 Å². The molecule has 1 aromatic rings. The molecule has 24 heavy (non-hydrogen) atoms. The van der Waals surface area contributed by atoms with Gasteiger partial charge in [-0.25, -0.2) is 4.39 Å². The summed E-state index contributed by atoms with van der Waals surface area (Å²) in [4.78, 5) is 23.4. The highest BCUT2D eigenvalue weighted by molar-refractivity contribution is 6.01. The number of nitrogens with one attached hydrogen (secondary N) is 2. The fraction of sp³-hybridized carbons (Fsp3) is 0.250. The van der Waals surface area contributed by atoms with Crippen LogP contribution >= 0.6 is 0 Å². The van der Waals surface area contributed by atoms with Crippen molar-refractivity contribution in [2.75, 3.05) is 11.9 Å². The Labute approximate surface area is 136 Å². The molecule has 2 N–H and O–H groups in total. The lowest BCUT2D eigenvalue weighted by Gasteiger charge is -2.12. The van der Waals surface area contributed by atoms with Gasteiger partial charge in [-0.3, -0.25) is 9.59 Å². The van der Waals surface area contributed by atoms with Gasteiger partial charge in [-0.1, -0.05) is 18.2 Å². The Morgan fingerprint density at radius 1 is 1.21 bits per heavy atom. The molecule has 1 aromatic carbocycles. The molecule has 0 bridgehead atoms. The predicted molar refractivity (Wildman–Crippen MR) is 82.1 cm³/mol. The minimum absolute atomic E-state index is 0.00212. The van der Waals surface area contributed by atoms with Gasteiger partial charge in [0, 0.05) is 22.9 Å². The van der Waals surface area contributed by atoms with E-state index in [-0.39, 0.29) is 16.8 Å². The number of carbonyl (C=O) groups excluding carboxylic acids is 2. The van der Waals surface area contributed by atoms with Crippen LogP contribution in [0.5, 0.6) is 0 Å². The molecule has 0 aliphatic carbocycles. The number of amides is 2. The zero-order chi connectivity index (χ0) is 18.3. The zero-order valence-corrected chi connectivity index (χ0v) is 13.0. The number of anilines is 1. The second-order valence-corrected chi connectivity index (χ2v) is 4.80. The first-order valence-corrected chi connectivity index (χ1v) is 6.89. The molecule has 0 aromatic heterocycles. The third kappa shape index (κ3) is 6.23. The Hall–Kier alpha value is -2.64. The van der Waals surface area contributed by atoms with Crippen molar-refractivity contribution in [3.8, 4) is 0 Å². The molecule has 0 saturated carbocycles. The van der Waals surface area contributed by atoms with Crippen molar-refractivity contribution < 1.29 is 27.2 Å². The molecule has 0 fully saturated rings. The minimum atomic E-state index is -4.58. The smallest absolute Gasteiger partial charge is 0.343 e. The summed E-state index contributed by atoms with van der Waals surface area (Å²) in [5.41, 5.74) is -0.257. The first-order chi connectivity index (χ1) is 11.1. The number of hydrogen-bond donors (Lipinski definition) is 2. The summed E-state index contributed by atoms with van der Waals surface area (Å²) in [5, 5.41) is 4.02. The quantitative estimate of drug-likeness (QED) is 0.488. The van der Waals surface area contributed by atoms with Gasteiger partial charge in [0.1, 0.15) is 12.4 Å². The Balaban J connectivity index is 2.96. The van der Waals surface area contributed by atoms with E-state index < -0.39 is 30.4 Å². The Morgan fingerprint density at radius 2 is 1.88 bits per heavy atom. The normalized spacial score (nSPS) is 11.9. The number of allylic oxidation sites excluding steroid dienone is 3. The number of rotatable bonds is 5. The molecule has 0 atom stereocenters. The van der Waals surface area contributed by atoms with E-state index >= 15 is 0 Å². The average molecular weight is 344 g/mol. The fourth-order valence-electron chi connectivity index (χ4n) is 1.65. The SMILES string of the molecule is CC=CC=CC(=O)Nc1cc(C(=O)NCC(F)(F)F)cc(F)c1C. The van der Waals surface area contributed by atoms with E-state index in [1.54, 1.807) is 24.4 Å². The maximum absolute atomic E-state index is 13.8. The van der Waals surface area contributed by atoms with Gasteiger partial charge in [-0.05, 0) is 26.0 Å². The van der Waals surface area contributed by atoms with Crippen LogP contribution in [0.3, 0.4) is 0 Å². The first kappa shape index (κ1) is 19.4. The average Bonchev–Trinajstić information content (AvgIpc) is 2.48. The molecule has 1 rings (SSSR count). The molecule has 0 heterocycles. The van der Waals surface area contributed by atoms with Gasteiger partial charge in [0.25, 0.3) is 5.91 Å². The van der Waals surface area contributed by atoms with Crippen LogP contribution < -0.4 is 10.6 Å². The third-order valence-corrected chi connectivity index (χ3v) is 2.86. The summed E-state index contributed by atoms with van der Waals surface area (Å²) < 4.78 is 50.2. The molecule has 4 nitrogen and oxygen atoms in total. The third-order valence-electron chi connectivity index (χ3n) is 2.86.